The van der Waals surface area contributed by atoms with E-state index in [1.807, 2.05) is 30.3 Å². The van der Waals surface area contributed by atoms with E-state index < -0.39 is 35.7 Å². The van der Waals surface area contributed by atoms with Gasteiger partial charge in [-0.05, 0) is 26.3 Å². The van der Waals surface area contributed by atoms with Crippen molar-refractivity contribution in [3.05, 3.63) is 52.6 Å². The fourth-order valence-corrected chi connectivity index (χ4v) is 3.24. The molecule has 0 fully saturated rings. The van der Waals surface area contributed by atoms with E-state index >= 15 is 0 Å². The van der Waals surface area contributed by atoms with Crippen molar-refractivity contribution in [1.29, 1.82) is 0 Å². The van der Waals surface area contributed by atoms with Crippen molar-refractivity contribution in [1.82, 2.24) is 29.7 Å². The van der Waals surface area contributed by atoms with Crippen LogP contribution < -0.4 is 16.2 Å². The molecular weight excluding hydrogens is 470 g/mol. The van der Waals surface area contributed by atoms with Gasteiger partial charge in [-0.1, -0.05) is 30.3 Å². The van der Waals surface area contributed by atoms with Gasteiger partial charge in [-0.25, -0.2) is 9.78 Å². The molecule has 13 heteroatoms. The molecule has 0 saturated heterocycles. The first-order chi connectivity index (χ1) is 17.0. The average molecular weight is 500 g/mol. The van der Waals surface area contributed by atoms with Crippen molar-refractivity contribution in [3.8, 4) is 0 Å². The Morgan fingerprint density at radius 1 is 1.19 bits per heavy atom. The van der Waals surface area contributed by atoms with Gasteiger partial charge >= 0.3 is 12.1 Å². The van der Waals surface area contributed by atoms with Gasteiger partial charge < -0.3 is 29.9 Å². The van der Waals surface area contributed by atoms with Crippen LogP contribution in [0.25, 0.3) is 11.2 Å². The summed E-state index contributed by atoms with van der Waals surface area (Å²) in [6.07, 6.45) is 0.619. The van der Waals surface area contributed by atoms with Crippen molar-refractivity contribution < 1.29 is 24.2 Å². The minimum atomic E-state index is -1.21. The molecule has 13 nitrogen and oxygen atoms in total. The number of amides is 2. The van der Waals surface area contributed by atoms with E-state index in [0.717, 1.165) is 10.5 Å². The van der Waals surface area contributed by atoms with Crippen LogP contribution in [0.3, 0.4) is 0 Å². The molecule has 0 bridgehead atoms. The summed E-state index contributed by atoms with van der Waals surface area (Å²) in [5, 5.41) is 14.8. The van der Waals surface area contributed by atoms with Gasteiger partial charge in [0.15, 0.2) is 11.2 Å². The Hall–Kier alpha value is -4.42. The van der Waals surface area contributed by atoms with Gasteiger partial charge in [0.2, 0.25) is 11.9 Å². The average Bonchev–Trinajstić information content (AvgIpc) is 3.19. The summed E-state index contributed by atoms with van der Waals surface area (Å²) in [7, 11) is 0. The number of carbonyl (C=O) groups is 3. The Kier molecular flexibility index (Phi) is 8.25. The minimum Gasteiger partial charge on any atom is -0.480 e. The summed E-state index contributed by atoms with van der Waals surface area (Å²) >= 11 is 0. The molecular formula is C23H29N7O6. The van der Waals surface area contributed by atoms with Crippen molar-refractivity contribution in [2.75, 3.05) is 25.0 Å². The normalized spacial score (nSPS) is 11.2. The molecule has 3 aromatic rings. The second-order valence-corrected chi connectivity index (χ2v) is 8.94. The topological polar surface area (TPSA) is 172 Å². The van der Waals surface area contributed by atoms with Crippen LogP contribution in [-0.2, 0) is 27.4 Å². The molecule has 36 heavy (non-hydrogen) atoms. The number of imidazole rings is 1. The number of ether oxygens (including phenoxy) is 1. The molecule has 0 unspecified atom stereocenters. The van der Waals surface area contributed by atoms with E-state index in [4.69, 9.17) is 4.74 Å². The number of nitrogens with zero attached hydrogens (tertiary/aromatic N) is 4. The molecule has 1 aromatic carbocycles. The number of H-pyrrole nitrogens is 1. The number of carboxylic acids is 1. The predicted molar refractivity (Wildman–Crippen MR) is 130 cm³/mol. The largest absolute Gasteiger partial charge is 0.480 e. The maximum absolute atomic E-state index is 12.9. The first-order valence-electron chi connectivity index (χ1n) is 11.2. The van der Waals surface area contributed by atoms with Crippen LogP contribution in [0.4, 0.5) is 10.7 Å². The van der Waals surface area contributed by atoms with Crippen LogP contribution in [-0.4, -0.2) is 72.7 Å². The number of aromatic amines is 1. The molecule has 0 saturated carbocycles. The lowest BCUT2D eigenvalue weighted by Crippen LogP contribution is -2.43. The molecule has 2 heterocycles. The van der Waals surface area contributed by atoms with Crippen LogP contribution >= 0.6 is 0 Å². The molecule has 3 rings (SSSR count). The Morgan fingerprint density at radius 3 is 2.58 bits per heavy atom. The number of carbonyl (C=O) groups excluding carboxylic acids is 2. The summed E-state index contributed by atoms with van der Waals surface area (Å²) in [5.41, 5.74) is 0.0242. The Morgan fingerprint density at radius 2 is 1.92 bits per heavy atom. The third kappa shape index (κ3) is 7.55. The van der Waals surface area contributed by atoms with E-state index in [9.17, 15) is 24.3 Å². The maximum Gasteiger partial charge on any atom is 0.407 e. The standard InChI is InChI=1S/C23H29N7O6/c1-23(2,3)36-22(35)24-9-10-29(13-17(32)33)16(31)12-30-14-26-18-19(30)27-21(28-20(18)34)25-11-15-7-5-4-6-8-15/h4-8,14H,9-13H2,1-3H3,(H,24,35)(H,32,33)(H2,25,27,28,34). The third-order valence-electron chi connectivity index (χ3n) is 4.81. The maximum atomic E-state index is 12.9. The quantitative estimate of drug-likeness (QED) is 0.319. The van der Waals surface area contributed by atoms with Gasteiger partial charge in [-0.3, -0.25) is 19.4 Å². The van der Waals surface area contributed by atoms with E-state index in [1.165, 1.54) is 10.9 Å². The lowest BCUT2D eigenvalue weighted by Gasteiger charge is -2.23. The highest BCUT2D eigenvalue weighted by Gasteiger charge is 2.21. The Bertz CT molecular complexity index is 1280. The van der Waals surface area contributed by atoms with Crippen LogP contribution in [0.1, 0.15) is 26.3 Å². The first-order valence-corrected chi connectivity index (χ1v) is 11.2. The Balaban J connectivity index is 1.70. The van der Waals surface area contributed by atoms with Crippen LogP contribution in [0.15, 0.2) is 41.5 Å². The number of aromatic nitrogens is 4. The van der Waals surface area contributed by atoms with Crippen molar-refractivity contribution in [2.24, 2.45) is 0 Å². The lowest BCUT2D eigenvalue weighted by atomic mass is 10.2. The van der Waals surface area contributed by atoms with Crippen LogP contribution in [0.2, 0.25) is 0 Å². The van der Waals surface area contributed by atoms with Crippen LogP contribution in [0, 0.1) is 0 Å². The number of fused-ring (bicyclic) bond motifs is 1. The fraction of sp³-hybridized carbons (Fsp3) is 0.391. The molecule has 0 radical (unpaired) electrons. The second kappa shape index (κ2) is 11.3. The molecule has 0 aliphatic rings. The second-order valence-electron chi connectivity index (χ2n) is 8.94. The zero-order chi connectivity index (χ0) is 26.3. The third-order valence-corrected chi connectivity index (χ3v) is 4.81. The van der Waals surface area contributed by atoms with E-state index in [1.54, 1.807) is 20.8 Å². The zero-order valence-electron chi connectivity index (χ0n) is 20.3. The molecule has 0 spiro atoms. The first kappa shape index (κ1) is 26.2. The number of benzene rings is 1. The van der Waals surface area contributed by atoms with Gasteiger partial charge in [0.05, 0.1) is 6.33 Å². The van der Waals surface area contributed by atoms with Gasteiger partial charge in [0, 0.05) is 19.6 Å². The van der Waals surface area contributed by atoms with Crippen molar-refractivity contribution >= 4 is 35.1 Å². The monoisotopic (exact) mass is 499 g/mol. The molecule has 0 aliphatic heterocycles. The summed E-state index contributed by atoms with van der Waals surface area (Å²) in [6.45, 7) is 4.61. The molecule has 0 atom stereocenters. The van der Waals surface area contributed by atoms with Crippen molar-refractivity contribution in [2.45, 2.75) is 39.5 Å². The Labute approximate surface area is 206 Å². The number of anilines is 1. The number of hydrogen-bond acceptors (Lipinski definition) is 8. The van der Waals surface area contributed by atoms with Crippen LogP contribution in [0.5, 0.6) is 0 Å². The summed E-state index contributed by atoms with van der Waals surface area (Å²) < 4.78 is 6.51. The molecule has 0 aliphatic carbocycles. The highest BCUT2D eigenvalue weighted by atomic mass is 16.6. The number of nitrogens with one attached hydrogen (secondary N) is 3. The highest BCUT2D eigenvalue weighted by Crippen LogP contribution is 2.10. The fourth-order valence-electron chi connectivity index (χ4n) is 3.24. The smallest absolute Gasteiger partial charge is 0.407 e. The number of rotatable bonds is 10. The molecule has 2 aromatic heterocycles. The van der Waals surface area contributed by atoms with E-state index in [-0.39, 0.29) is 36.7 Å². The number of carboxylic acid groups (broad SMARTS) is 1. The number of hydrogen-bond donors (Lipinski definition) is 4. The summed E-state index contributed by atoms with van der Waals surface area (Å²) in [4.78, 5) is 60.6. The number of aliphatic carboxylic acids is 1. The summed E-state index contributed by atoms with van der Waals surface area (Å²) in [5.74, 6) is -1.56. The van der Waals surface area contributed by atoms with E-state index in [2.05, 4.69) is 25.6 Å². The predicted octanol–water partition coefficient (Wildman–Crippen LogP) is 1.17. The molecule has 4 N–H and O–H groups in total. The van der Waals surface area contributed by atoms with Gasteiger partial charge in [-0.15, -0.1) is 0 Å². The van der Waals surface area contributed by atoms with E-state index in [0.29, 0.717) is 6.54 Å². The SMILES string of the molecule is CC(C)(C)OC(=O)NCCN(CC(=O)O)C(=O)Cn1cnc2c(=O)[nH]c(NCc3ccccc3)nc21. The lowest BCUT2D eigenvalue weighted by molar-refractivity contribution is -0.144. The molecule has 2 amide bonds. The number of alkyl carbamates (subject to hydrolysis) is 1. The van der Waals surface area contributed by atoms with Gasteiger partial charge in [0.1, 0.15) is 18.7 Å². The van der Waals surface area contributed by atoms with Crippen molar-refractivity contribution in [3.63, 3.8) is 0 Å². The molecule has 192 valence electrons. The van der Waals surface area contributed by atoms with Gasteiger partial charge in [-0.2, -0.15) is 4.98 Å². The van der Waals surface area contributed by atoms with Gasteiger partial charge in [0.25, 0.3) is 5.56 Å². The zero-order valence-corrected chi connectivity index (χ0v) is 20.3. The minimum absolute atomic E-state index is 0.00984. The highest BCUT2D eigenvalue weighted by molar-refractivity contribution is 5.82. The summed E-state index contributed by atoms with van der Waals surface area (Å²) in [6, 6.07) is 9.51.